The van der Waals surface area contributed by atoms with Crippen LogP contribution in [0.3, 0.4) is 0 Å². The number of nitro benzene ring substituents is 1. The van der Waals surface area contributed by atoms with E-state index in [1.165, 1.54) is 0 Å². The lowest BCUT2D eigenvalue weighted by atomic mass is 10.1. The zero-order chi connectivity index (χ0) is 24.2. The highest BCUT2D eigenvalue weighted by molar-refractivity contribution is 14.1. The number of hydrogen-bond donors (Lipinski definition) is 1. The van der Waals surface area contributed by atoms with Crippen molar-refractivity contribution >= 4 is 74.5 Å². The molecule has 0 saturated carbocycles. The minimum absolute atomic E-state index is 0.0995. The van der Waals surface area contributed by atoms with Gasteiger partial charge in [0.2, 0.25) is 0 Å². The maximum Gasteiger partial charge on any atom is 0.292 e. The largest absolute Gasteiger partial charge is 0.378 e. The van der Waals surface area contributed by atoms with Crippen LogP contribution in [0.2, 0.25) is 5.02 Å². The fourth-order valence-electron chi connectivity index (χ4n) is 4.00. The molecule has 0 spiro atoms. The van der Waals surface area contributed by atoms with E-state index in [1.807, 2.05) is 21.9 Å². The van der Waals surface area contributed by atoms with Crippen molar-refractivity contribution in [2.75, 3.05) is 62.3 Å². The van der Waals surface area contributed by atoms with E-state index < -0.39 is 0 Å². The number of nitrogens with zero attached hydrogens (tertiary/aromatic N) is 4. The van der Waals surface area contributed by atoms with Crippen LogP contribution in [0.15, 0.2) is 36.4 Å². The van der Waals surface area contributed by atoms with Gasteiger partial charge < -0.3 is 19.4 Å². The van der Waals surface area contributed by atoms with Crippen molar-refractivity contribution in [3.63, 3.8) is 0 Å². The lowest BCUT2D eigenvalue weighted by Crippen LogP contribution is -2.52. The van der Waals surface area contributed by atoms with Crippen LogP contribution in [0.1, 0.15) is 10.4 Å². The number of anilines is 2. The molecule has 2 saturated heterocycles. The Morgan fingerprint density at radius 3 is 2.44 bits per heavy atom. The van der Waals surface area contributed by atoms with Crippen LogP contribution < -0.4 is 15.1 Å². The van der Waals surface area contributed by atoms with Gasteiger partial charge in [0, 0.05) is 54.6 Å². The Bertz CT molecular complexity index is 1110. The maximum atomic E-state index is 12.6. The molecule has 180 valence electrons. The Morgan fingerprint density at radius 2 is 1.76 bits per heavy atom. The average molecular weight is 616 g/mol. The molecule has 1 N–H and O–H groups in total. The van der Waals surface area contributed by atoms with Crippen LogP contribution in [0.4, 0.5) is 17.1 Å². The number of carbonyl (C=O) groups is 1. The van der Waals surface area contributed by atoms with Gasteiger partial charge in [-0.05, 0) is 65.1 Å². The van der Waals surface area contributed by atoms with Gasteiger partial charge in [-0.15, -0.1) is 0 Å². The molecule has 0 bridgehead atoms. The summed E-state index contributed by atoms with van der Waals surface area (Å²) in [6.07, 6.45) is 0. The van der Waals surface area contributed by atoms with Gasteiger partial charge in [-0.3, -0.25) is 20.2 Å². The fourth-order valence-corrected chi connectivity index (χ4v) is 4.97. The summed E-state index contributed by atoms with van der Waals surface area (Å²) in [5.74, 6) is -0.332. The molecule has 0 radical (unpaired) electrons. The lowest BCUT2D eigenvalue weighted by molar-refractivity contribution is -0.384. The SMILES string of the molecule is O=C(NC(=S)N1CCN(c2ccc([N+](=O)[O-])c(N3CCOCC3)c2)CC1)c1cc(I)ccc1Cl. The Balaban J connectivity index is 1.40. The molecular formula is C22H23ClIN5O4S. The number of morpholine rings is 1. The summed E-state index contributed by atoms with van der Waals surface area (Å²) < 4.78 is 6.30. The summed E-state index contributed by atoms with van der Waals surface area (Å²) in [5, 5.41) is 15.1. The Hall–Kier alpha value is -2.22. The molecule has 12 heteroatoms. The third-order valence-corrected chi connectivity index (χ3v) is 7.19. The van der Waals surface area contributed by atoms with Crippen molar-refractivity contribution in [1.29, 1.82) is 0 Å². The molecule has 4 rings (SSSR count). The normalized spacial score (nSPS) is 16.4. The van der Waals surface area contributed by atoms with Gasteiger partial charge in [-0.2, -0.15) is 0 Å². The number of piperazine rings is 1. The number of carbonyl (C=O) groups excluding carboxylic acids is 1. The second-order valence-corrected chi connectivity index (χ2v) is 9.93. The molecule has 0 aromatic heterocycles. The highest BCUT2D eigenvalue weighted by Gasteiger charge is 2.25. The van der Waals surface area contributed by atoms with E-state index >= 15 is 0 Å². The number of ether oxygens (including phenoxy) is 1. The summed E-state index contributed by atoms with van der Waals surface area (Å²) in [7, 11) is 0. The monoisotopic (exact) mass is 615 g/mol. The molecule has 2 aromatic carbocycles. The smallest absolute Gasteiger partial charge is 0.292 e. The summed E-state index contributed by atoms with van der Waals surface area (Å²) in [4.78, 5) is 30.0. The number of halogens is 2. The van der Waals surface area contributed by atoms with Crippen LogP contribution in [-0.2, 0) is 4.74 Å². The average Bonchev–Trinajstić information content (AvgIpc) is 2.85. The zero-order valence-corrected chi connectivity index (χ0v) is 21.9. The number of benzene rings is 2. The number of thiocarbonyl (C=S) groups is 1. The molecule has 9 nitrogen and oxygen atoms in total. The van der Waals surface area contributed by atoms with E-state index in [-0.39, 0.29) is 16.5 Å². The molecule has 34 heavy (non-hydrogen) atoms. The molecule has 0 atom stereocenters. The molecule has 2 fully saturated rings. The highest BCUT2D eigenvalue weighted by Crippen LogP contribution is 2.33. The topological polar surface area (TPSA) is 91.2 Å². The zero-order valence-electron chi connectivity index (χ0n) is 18.2. The number of nitro groups is 1. The van der Waals surface area contributed by atoms with E-state index in [0.717, 1.165) is 9.26 Å². The molecule has 0 aliphatic carbocycles. The van der Waals surface area contributed by atoms with Crippen LogP contribution in [0.5, 0.6) is 0 Å². The van der Waals surface area contributed by atoms with Gasteiger partial charge >= 0.3 is 0 Å². The predicted octanol–water partition coefficient (Wildman–Crippen LogP) is 3.53. The van der Waals surface area contributed by atoms with Crippen LogP contribution in [-0.4, -0.2) is 73.3 Å². The number of rotatable bonds is 4. The van der Waals surface area contributed by atoms with Crippen molar-refractivity contribution < 1.29 is 14.5 Å². The maximum absolute atomic E-state index is 12.6. The van der Waals surface area contributed by atoms with Crippen molar-refractivity contribution in [3.8, 4) is 0 Å². The number of hydrogen-bond acceptors (Lipinski definition) is 7. The van der Waals surface area contributed by atoms with Gasteiger partial charge in [-0.25, -0.2) is 0 Å². The minimum Gasteiger partial charge on any atom is -0.378 e. The van der Waals surface area contributed by atoms with Gasteiger partial charge in [0.1, 0.15) is 5.69 Å². The second-order valence-electron chi connectivity index (χ2n) is 7.89. The van der Waals surface area contributed by atoms with Crippen LogP contribution in [0, 0.1) is 13.7 Å². The highest BCUT2D eigenvalue weighted by atomic mass is 127. The van der Waals surface area contributed by atoms with Crippen molar-refractivity contribution in [1.82, 2.24) is 10.2 Å². The van der Waals surface area contributed by atoms with Gasteiger partial charge in [0.25, 0.3) is 11.6 Å². The number of nitrogens with one attached hydrogen (secondary N) is 1. The molecule has 2 heterocycles. The first kappa shape index (κ1) is 24.9. The quantitative estimate of drug-likeness (QED) is 0.242. The molecule has 1 amide bonds. The summed E-state index contributed by atoms with van der Waals surface area (Å²) >= 11 is 13.8. The molecule has 0 unspecified atom stereocenters. The minimum atomic E-state index is -0.340. The Morgan fingerprint density at radius 1 is 1.06 bits per heavy atom. The first-order valence-corrected chi connectivity index (χ1v) is 12.6. The lowest BCUT2D eigenvalue weighted by Gasteiger charge is -2.37. The number of amides is 1. The van der Waals surface area contributed by atoms with E-state index in [9.17, 15) is 14.9 Å². The summed E-state index contributed by atoms with van der Waals surface area (Å²) in [6, 6.07) is 10.5. The first-order valence-electron chi connectivity index (χ1n) is 10.7. The van der Waals surface area contributed by atoms with E-state index in [1.54, 1.807) is 24.3 Å². The third-order valence-electron chi connectivity index (χ3n) is 5.83. The van der Waals surface area contributed by atoms with Gasteiger partial charge in [0.05, 0.1) is 28.7 Å². The molecule has 2 aliphatic rings. The molecule has 2 aromatic rings. The molecular weight excluding hydrogens is 593 g/mol. The van der Waals surface area contributed by atoms with Crippen molar-refractivity contribution in [2.45, 2.75) is 0 Å². The summed E-state index contributed by atoms with van der Waals surface area (Å²) in [6.45, 7) is 4.91. The van der Waals surface area contributed by atoms with Crippen molar-refractivity contribution in [3.05, 3.63) is 60.7 Å². The Labute approximate surface area is 221 Å². The van der Waals surface area contributed by atoms with Crippen LogP contribution in [0.25, 0.3) is 0 Å². The fraction of sp³-hybridized carbons (Fsp3) is 0.364. The van der Waals surface area contributed by atoms with Gasteiger partial charge in [-0.1, -0.05) is 11.6 Å². The van der Waals surface area contributed by atoms with Crippen LogP contribution >= 0.6 is 46.4 Å². The van der Waals surface area contributed by atoms with E-state index in [4.69, 9.17) is 28.6 Å². The summed E-state index contributed by atoms with van der Waals surface area (Å²) in [5.41, 5.74) is 2.02. The standard InChI is InChI=1S/C22H23ClIN5O4S/c23-18-3-1-15(24)13-17(18)21(30)25-22(34)28-7-5-26(6-8-28)16-2-4-19(29(31)32)20(14-16)27-9-11-33-12-10-27/h1-4,13-14H,5-12H2,(H,25,30,34). The Kier molecular flexibility index (Phi) is 8.06. The first-order chi connectivity index (χ1) is 16.3. The second kappa shape index (κ2) is 11.0. The van der Waals surface area contributed by atoms with Gasteiger partial charge in [0.15, 0.2) is 5.11 Å². The third kappa shape index (κ3) is 5.70. The van der Waals surface area contributed by atoms with E-state index in [2.05, 4.69) is 32.8 Å². The molecule has 2 aliphatic heterocycles. The van der Waals surface area contributed by atoms with Crippen molar-refractivity contribution in [2.24, 2.45) is 0 Å². The predicted molar refractivity (Wildman–Crippen MR) is 144 cm³/mol. The van der Waals surface area contributed by atoms with E-state index in [0.29, 0.717) is 73.9 Å².